The molecule has 0 bridgehead atoms. The fourth-order valence-electron chi connectivity index (χ4n) is 4.41. The lowest BCUT2D eigenvalue weighted by atomic mass is 10.0. The number of hydrogen-bond acceptors (Lipinski definition) is 6. The van der Waals surface area contributed by atoms with Gasteiger partial charge in [0.2, 0.25) is 0 Å². The van der Waals surface area contributed by atoms with Crippen LogP contribution in [0.3, 0.4) is 0 Å². The summed E-state index contributed by atoms with van der Waals surface area (Å²) in [5.41, 5.74) is 1.14. The first kappa shape index (κ1) is 22.2. The molecule has 4 rings (SSSR count). The summed E-state index contributed by atoms with van der Waals surface area (Å²) in [6, 6.07) is 6.43. The summed E-state index contributed by atoms with van der Waals surface area (Å²) in [6.45, 7) is 6.40. The summed E-state index contributed by atoms with van der Waals surface area (Å²) in [6.07, 6.45) is 5.48. The maximum Gasteiger partial charge on any atom is 0.191 e. The quantitative estimate of drug-likeness (QED) is 0.504. The number of nitrogens with zero attached hydrogens (tertiary/aromatic N) is 5. The Balaban J connectivity index is 1.35. The van der Waals surface area contributed by atoms with Crippen LogP contribution in [0.4, 0.5) is 5.69 Å². The van der Waals surface area contributed by atoms with Crippen LogP contribution in [0.2, 0.25) is 0 Å². The highest BCUT2D eigenvalue weighted by Gasteiger charge is 2.22. The number of anilines is 1. The zero-order valence-corrected chi connectivity index (χ0v) is 19.4. The van der Waals surface area contributed by atoms with E-state index in [0.29, 0.717) is 12.6 Å². The highest BCUT2D eigenvalue weighted by atomic mass is 16.5. The minimum Gasteiger partial charge on any atom is -0.497 e. The van der Waals surface area contributed by atoms with Gasteiger partial charge in [0.1, 0.15) is 23.9 Å². The average molecular weight is 442 g/mol. The monoisotopic (exact) mass is 441 g/mol. The zero-order chi connectivity index (χ0) is 22.3. The van der Waals surface area contributed by atoms with Gasteiger partial charge in [-0.3, -0.25) is 0 Å². The number of fused-ring (bicyclic) bond motifs is 1. The van der Waals surface area contributed by atoms with E-state index < -0.39 is 0 Å². The van der Waals surface area contributed by atoms with Gasteiger partial charge in [0, 0.05) is 62.5 Å². The van der Waals surface area contributed by atoms with E-state index in [1.807, 2.05) is 6.07 Å². The molecule has 9 heteroatoms. The topological polar surface area (TPSA) is 88.8 Å². The number of aromatic nitrogens is 3. The van der Waals surface area contributed by atoms with E-state index in [2.05, 4.69) is 49.4 Å². The number of methoxy groups -OCH3 is 2. The van der Waals surface area contributed by atoms with Gasteiger partial charge in [0.25, 0.3) is 0 Å². The second-order valence-electron chi connectivity index (χ2n) is 8.31. The number of benzene rings is 1. The highest BCUT2D eigenvalue weighted by molar-refractivity contribution is 5.80. The first-order valence-corrected chi connectivity index (χ1v) is 11.6. The van der Waals surface area contributed by atoms with Crippen LogP contribution in [-0.2, 0) is 19.5 Å². The Labute approximate surface area is 190 Å². The smallest absolute Gasteiger partial charge is 0.191 e. The fourth-order valence-corrected chi connectivity index (χ4v) is 4.41. The minimum absolute atomic E-state index is 0.379. The first-order valence-electron chi connectivity index (χ1n) is 11.6. The van der Waals surface area contributed by atoms with Crippen molar-refractivity contribution in [1.82, 2.24) is 25.4 Å². The van der Waals surface area contributed by atoms with E-state index in [1.165, 1.54) is 12.8 Å². The molecule has 0 radical (unpaired) electrons. The molecule has 2 N–H and O–H groups in total. The number of guanidine groups is 1. The summed E-state index contributed by atoms with van der Waals surface area (Å²) in [4.78, 5) is 7.19. The summed E-state index contributed by atoms with van der Waals surface area (Å²) in [5, 5.41) is 15.7. The first-order chi connectivity index (χ1) is 15.7. The van der Waals surface area contributed by atoms with Crippen LogP contribution >= 0.6 is 0 Å². The molecule has 0 atom stereocenters. The van der Waals surface area contributed by atoms with Gasteiger partial charge in [0.05, 0.1) is 14.2 Å². The maximum atomic E-state index is 5.43. The Kier molecular flexibility index (Phi) is 7.34. The van der Waals surface area contributed by atoms with E-state index in [-0.39, 0.29) is 0 Å². The molecule has 2 aliphatic rings. The molecule has 9 nitrogen and oxygen atoms in total. The summed E-state index contributed by atoms with van der Waals surface area (Å²) in [5.74, 6) is 4.54. The molecule has 0 saturated carbocycles. The van der Waals surface area contributed by atoms with E-state index in [9.17, 15) is 0 Å². The van der Waals surface area contributed by atoms with E-state index >= 15 is 0 Å². The highest BCUT2D eigenvalue weighted by Crippen LogP contribution is 2.30. The number of hydrogen-bond donors (Lipinski definition) is 2. The van der Waals surface area contributed by atoms with Crippen LogP contribution in [-0.4, -0.2) is 60.6 Å². The predicted molar refractivity (Wildman–Crippen MR) is 126 cm³/mol. The number of ether oxygens (including phenoxy) is 2. The minimum atomic E-state index is 0.379. The van der Waals surface area contributed by atoms with Crippen molar-refractivity contribution >= 4 is 11.6 Å². The molecular formula is C23H35N7O2. The Morgan fingerprint density at radius 1 is 1.06 bits per heavy atom. The van der Waals surface area contributed by atoms with Crippen molar-refractivity contribution < 1.29 is 9.47 Å². The van der Waals surface area contributed by atoms with Crippen molar-refractivity contribution in [3.05, 3.63) is 29.8 Å². The lowest BCUT2D eigenvalue weighted by molar-refractivity contribution is 0.393. The van der Waals surface area contributed by atoms with Crippen molar-refractivity contribution in [3.8, 4) is 11.5 Å². The molecule has 0 spiro atoms. The zero-order valence-electron chi connectivity index (χ0n) is 19.4. The van der Waals surface area contributed by atoms with Crippen LogP contribution in [0.1, 0.15) is 44.3 Å². The summed E-state index contributed by atoms with van der Waals surface area (Å²) >= 11 is 0. The van der Waals surface area contributed by atoms with Crippen LogP contribution in [0.15, 0.2) is 23.2 Å². The molecule has 0 aliphatic carbocycles. The molecule has 2 aliphatic heterocycles. The summed E-state index contributed by atoms with van der Waals surface area (Å²) in [7, 11) is 3.37. The average Bonchev–Trinajstić information content (AvgIpc) is 3.26. The molecule has 1 fully saturated rings. The van der Waals surface area contributed by atoms with Gasteiger partial charge in [-0.25, -0.2) is 4.99 Å². The van der Waals surface area contributed by atoms with Crippen molar-refractivity contribution in [2.24, 2.45) is 4.99 Å². The van der Waals surface area contributed by atoms with E-state index in [1.54, 1.807) is 14.2 Å². The van der Waals surface area contributed by atoms with Crippen molar-refractivity contribution in [2.45, 2.75) is 58.2 Å². The van der Waals surface area contributed by atoms with E-state index in [0.717, 1.165) is 80.2 Å². The third-order valence-electron chi connectivity index (χ3n) is 6.20. The van der Waals surface area contributed by atoms with Gasteiger partial charge in [-0.1, -0.05) is 0 Å². The van der Waals surface area contributed by atoms with E-state index in [4.69, 9.17) is 14.5 Å². The molecule has 1 aromatic carbocycles. The van der Waals surface area contributed by atoms with Gasteiger partial charge >= 0.3 is 0 Å². The standard InChI is InChI=1S/C23H35N7O2/c1-4-24-23(25-16-22-28-27-21-7-5-6-10-30(21)22)26-17-8-11-29(12-9-17)18-13-19(31-2)15-20(14-18)32-3/h13-15,17H,4-12,16H2,1-3H3,(H2,24,25,26). The number of nitrogens with one attached hydrogen (secondary N) is 2. The van der Waals surface area contributed by atoms with Gasteiger partial charge < -0.3 is 29.6 Å². The Hall–Kier alpha value is -2.97. The maximum absolute atomic E-state index is 5.43. The molecule has 1 aromatic heterocycles. The van der Waals surface area contributed by atoms with Gasteiger partial charge in [-0.05, 0) is 32.6 Å². The third-order valence-corrected chi connectivity index (χ3v) is 6.20. The van der Waals surface area contributed by atoms with Gasteiger partial charge in [-0.15, -0.1) is 10.2 Å². The molecule has 1 saturated heterocycles. The normalized spacial score (nSPS) is 17.1. The molecule has 0 amide bonds. The second-order valence-corrected chi connectivity index (χ2v) is 8.31. The third kappa shape index (κ3) is 5.26. The number of piperidine rings is 1. The summed E-state index contributed by atoms with van der Waals surface area (Å²) < 4.78 is 13.1. The van der Waals surface area contributed by atoms with Crippen molar-refractivity contribution in [1.29, 1.82) is 0 Å². The number of rotatable bonds is 7. The van der Waals surface area contributed by atoms with Crippen LogP contribution in [0, 0.1) is 0 Å². The lowest BCUT2D eigenvalue weighted by Crippen LogP contribution is -2.48. The molecule has 3 heterocycles. The number of aliphatic imine (C=N–C) groups is 1. The fraction of sp³-hybridized carbons (Fsp3) is 0.609. The lowest BCUT2D eigenvalue weighted by Gasteiger charge is -2.34. The molecule has 174 valence electrons. The predicted octanol–water partition coefficient (Wildman–Crippen LogP) is 2.36. The number of aryl methyl sites for hydroxylation is 1. The van der Waals surface area contributed by atoms with Crippen molar-refractivity contribution in [3.63, 3.8) is 0 Å². The molecular weight excluding hydrogens is 406 g/mol. The Morgan fingerprint density at radius 3 is 2.50 bits per heavy atom. The second kappa shape index (κ2) is 10.6. The van der Waals surface area contributed by atoms with Gasteiger partial charge in [-0.2, -0.15) is 0 Å². The van der Waals surface area contributed by atoms with Crippen molar-refractivity contribution in [2.75, 3.05) is 38.8 Å². The van der Waals surface area contributed by atoms with Crippen LogP contribution in [0.25, 0.3) is 0 Å². The Bertz CT molecular complexity index is 897. The largest absolute Gasteiger partial charge is 0.497 e. The molecule has 0 unspecified atom stereocenters. The van der Waals surface area contributed by atoms with Gasteiger partial charge in [0.15, 0.2) is 11.8 Å². The molecule has 32 heavy (non-hydrogen) atoms. The Morgan fingerprint density at radius 2 is 1.81 bits per heavy atom. The van der Waals surface area contributed by atoms with Crippen LogP contribution in [0.5, 0.6) is 11.5 Å². The van der Waals surface area contributed by atoms with Crippen LogP contribution < -0.4 is 25.0 Å². The molecule has 2 aromatic rings. The SMILES string of the molecule is CCNC(=NCc1nnc2n1CCCC2)NC1CCN(c2cc(OC)cc(OC)c2)CC1.